The number of hydrogen-bond acceptors (Lipinski definition) is 3. The normalized spacial score (nSPS) is 14.9. The molecule has 0 atom stereocenters. The van der Waals surface area contributed by atoms with Gasteiger partial charge in [-0.05, 0) is 52.0 Å². The summed E-state index contributed by atoms with van der Waals surface area (Å²) in [5.74, 6) is 0.449. The van der Waals surface area contributed by atoms with Crippen molar-refractivity contribution < 1.29 is 14.6 Å². The molecule has 2 rings (SSSR count). The van der Waals surface area contributed by atoms with E-state index in [-0.39, 0.29) is 12.5 Å². The molecule has 0 saturated carbocycles. The van der Waals surface area contributed by atoms with Gasteiger partial charge in [0, 0.05) is 10.6 Å². The van der Waals surface area contributed by atoms with E-state index in [2.05, 4.69) is 5.32 Å². The molecule has 0 radical (unpaired) electrons. The summed E-state index contributed by atoms with van der Waals surface area (Å²) in [6.07, 6.45) is 1.76. The number of rotatable bonds is 3. The maximum absolute atomic E-state index is 12.4. The largest absolute Gasteiger partial charge is 0.488 e. The maximum atomic E-state index is 12.4. The van der Waals surface area contributed by atoms with Crippen LogP contribution in [0.5, 0.6) is 5.75 Å². The first-order valence-corrected chi connectivity index (χ1v) is 7.16. The van der Waals surface area contributed by atoms with E-state index in [0.29, 0.717) is 16.3 Å². The molecule has 4 nitrogen and oxygen atoms in total. The van der Waals surface area contributed by atoms with Crippen molar-refractivity contribution in [3.8, 4) is 5.75 Å². The van der Waals surface area contributed by atoms with Crippen molar-refractivity contribution in [2.75, 3.05) is 6.61 Å². The minimum atomic E-state index is -1.04. The number of benzene rings is 1. The zero-order valence-electron chi connectivity index (χ0n) is 12.7. The maximum Gasteiger partial charge on any atom is 0.251 e. The highest BCUT2D eigenvalue weighted by Crippen LogP contribution is 2.29. The van der Waals surface area contributed by atoms with Crippen LogP contribution in [0.1, 0.15) is 33.3 Å². The van der Waals surface area contributed by atoms with E-state index in [1.807, 2.05) is 0 Å². The second-order valence-corrected chi connectivity index (χ2v) is 6.71. The van der Waals surface area contributed by atoms with Gasteiger partial charge in [0.15, 0.2) is 0 Å². The van der Waals surface area contributed by atoms with E-state index in [0.717, 1.165) is 5.56 Å². The van der Waals surface area contributed by atoms with Crippen LogP contribution in [0.15, 0.2) is 23.8 Å². The average Bonchev–Trinajstić information content (AvgIpc) is 2.35. The number of halogens is 1. The van der Waals surface area contributed by atoms with Crippen LogP contribution in [0.3, 0.4) is 0 Å². The van der Waals surface area contributed by atoms with Crippen molar-refractivity contribution in [2.45, 2.75) is 38.8 Å². The van der Waals surface area contributed by atoms with Crippen LogP contribution < -0.4 is 10.1 Å². The molecule has 1 aliphatic heterocycles. The highest BCUT2D eigenvalue weighted by Gasteiger charge is 2.37. The third kappa shape index (κ3) is 3.39. The molecule has 114 valence electrons. The average molecular weight is 310 g/mol. The lowest BCUT2D eigenvalue weighted by Gasteiger charge is -2.38. The van der Waals surface area contributed by atoms with Gasteiger partial charge in [-0.15, -0.1) is 0 Å². The number of fused-ring (bicyclic) bond motifs is 1. The number of nitrogens with one attached hydrogen (secondary N) is 1. The molecule has 0 aliphatic carbocycles. The van der Waals surface area contributed by atoms with E-state index in [4.69, 9.17) is 16.3 Å². The lowest BCUT2D eigenvalue weighted by Crippen LogP contribution is -2.58. The Morgan fingerprint density at radius 3 is 2.62 bits per heavy atom. The van der Waals surface area contributed by atoms with Crippen LogP contribution in [0.25, 0.3) is 6.08 Å². The van der Waals surface area contributed by atoms with Gasteiger partial charge in [0.1, 0.15) is 12.4 Å². The van der Waals surface area contributed by atoms with Crippen molar-refractivity contribution >= 4 is 23.6 Å². The molecular formula is C16H20ClNO3. The van der Waals surface area contributed by atoms with Gasteiger partial charge in [-0.3, -0.25) is 4.79 Å². The van der Waals surface area contributed by atoms with E-state index in [1.54, 1.807) is 52.0 Å². The Hall–Kier alpha value is -1.52. The molecule has 1 aromatic rings. The van der Waals surface area contributed by atoms with Gasteiger partial charge in [-0.1, -0.05) is 11.6 Å². The molecule has 1 heterocycles. The highest BCUT2D eigenvalue weighted by atomic mass is 35.5. The zero-order chi connectivity index (χ0) is 15.8. The lowest BCUT2D eigenvalue weighted by molar-refractivity contribution is -0.122. The number of ether oxygens (including phenoxy) is 1. The van der Waals surface area contributed by atoms with Crippen molar-refractivity contribution in [3.05, 3.63) is 34.4 Å². The molecular weight excluding hydrogens is 290 g/mol. The SMILES string of the molecule is CC(C)(O)C(C)(C)NC(=O)C1=Cc2cc(Cl)ccc2OC1. The second-order valence-electron chi connectivity index (χ2n) is 6.28. The molecule has 0 bridgehead atoms. The van der Waals surface area contributed by atoms with Crippen LogP contribution in [-0.4, -0.2) is 28.8 Å². The van der Waals surface area contributed by atoms with Gasteiger partial charge in [0.25, 0.3) is 5.91 Å². The Balaban J connectivity index is 2.22. The third-order valence-electron chi connectivity index (χ3n) is 3.93. The van der Waals surface area contributed by atoms with Gasteiger partial charge < -0.3 is 15.2 Å². The van der Waals surface area contributed by atoms with Crippen molar-refractivity contribution in [2.24, 2.45) is 0 Å². The summed E-state index contributed by atoms with van der Waals surface area (Å²) < 4.78 is 5.56. The summed E-state index contributed by atoms with van der Waals surface area (Å²) in [4.78, 5) is 12.4. The molecule has 0 fully saturated rings. The predicted molar refractivity (Wildman–Crippen MR) is 83.4 cm³/mol. The number of carbonyl (C=O) groups is 1. The number of hydrogen-bond donors (Lipinski definition) is 2. The molecule has 0 spiro atoms. The zero-order valence-corrected chi connectivity index (χ0v) is 13.4. The molecule has 5 heteroatoms. The van der Waals surface area contributed by atoms with Crippen LogP contribution >= 0.6 is 11.6 Å². The van der Waals surface area contributed by atoms with Gasteiger partial charge in [-0.2, -0.15) is 0 Å². The minimum absolute atomic E-state index is 0.197. The first-order chi connectivity index (χ1) is 9.60. The van der Waals surface area contributed by atoms with Crippen LogP contribution in [0, 0.1) is 0 Å². The fourth-order valence-corrected chi connectivity index (χ4v) is 1.98. The molecule has 21 heavy (non-hydrogen) atoms. The van der Waals surface area contributed by atoms with Gasteiger partial charge >= 0.3 is 0 Å². The molecule has 0 unspecified atom stereocenters. The Labute approximate surface area is 129 Å². The fourth-order valence-electron chi connectivity index (χ4n) is 1.80. The van der Waals surface area contributed by atoms with E-state index in [9.17, 15) is 9.90 Å². The van der Waals surface area contributed by atoms with Gasteiger partial charge in [0.2, 0.25) is 0 Å². The number of carbonyl (C=O) groups excluding carboxylic acids is 1. The Kier molecular flexibility index (Phi) is 4.04. The van der Waals surface area contributed by atoms with Crippen LogP contribution in [-0.2, 0) is 4.79 Å². The first-order valence-electron chi connectivity index (χ1n) is 6.78. The Morgan fingerprint density at radius 2 is 2.00 bits per heavy atom. The summed E-state index contributed by atoms with van der Waals surface area (Å²) >= 11 is 5.95. The van der Waals surface area contributed by atoms with E-state index in [1.165, 1.54) is 0 Å². The summed E-state index contributed by atoms with van der Waals surface area (Å²) in [5, 5.41) is 13.5. The molecule has 1 amide bonds. The quantitative estimate of drug-likeness (QED) is 0.902. The van der Waals surface area contributed by atoms with Crippen molar-refractivity contribution in [3.63, 3.8) is 0 Å². The summed E-state index contributed by atoms with van der Waals surface area (Å²) in [5.41, 5.74) is -0.526. The molecule has 1 aliphatic rings. The Morgan fingerprint density at radius 1 is 1.33 bits per heavy atom. The first kappa shape index (κ1) is 15.9. The predicted octanol–water partition coefficient (Wildman–Crippen LogP) is 2.78. The van der Waals surface area contributed by atoms with Gasteiger partial charge in [0.05, 0.1) is 16.7 Å². The fraction of sp³-hybridized carbons (Fsp3) is 0.438. The standard InChI is InChI=1S/C16H20ClNO3/c1-15(2,16(3,4)20)18-14(19)11-7-10-8-12(17)5-6-13(10)21-9-11/h5-8,20H,9H2,1-4H3,(H,18,19). The Bertz CT molecular complexity index is 600. The number of aliphatic hydroxyl groups is 1. The molecule has 2 N–H and O–H groups in total. The summed E-state index contributed by atoms with van der Waals surface area (Å²) in [7, 11) is 0. The van der Waals surface area contributed by atoms with Crippen LogP contribution in [0.2, 0.25) is 5.02 Å². The molecule has 0 aromatic heterocycles. The number of amides is 1. The van der Waals surface area contributed by atoms with Crippen molar-refractivity contribution in [1.29, 1.82) is 0 Å². The summed E-state index contributed by atoms with van der Waals surface area (Å²) in [6, 6.07) is 5.28. The monoisotopic (exact) mass is 309 g/mol. The third-order valence-corrected chi connectivity index (χ3v) is 4.17. The van der Waals surface area contributed by atoms with Crippen LogP contribution in [0.4, 0.5) is 0 Å². The smallest absolute Gasteiger partial charge is 0.251 e. The van der Waals surface area contributed by atoms with E-state index < -0.39 is 11.1 Å². The van der Waals surface area contributed by atoms with Crippen molar-refractivity contribution in [1.82, 2.24) is 5.32 Å². The molecule has 1 aromatic carbocycles. The van der Waals surface area contributed by atoms with Gasteiger partial charge in [-0.25, -0.2) is 0 Å². The molecule has 0 saturated heterocycles. The van der Waals surface area contributed by atoms with E-state index >= 15 is 0 Å². The highest BCUT2D eigenvalue weighted by molar-refractivity contribution is 6.30. The lowest BCUT2D eigenvalue weighted by atomic mass is 9.85. The summed E-state index contributed by atoms with van der Waals surface area (Å²) in [6.45, 7) is 7.07. The second kappa shape index (κ2) is 5.35. The minimum Gasteiger partial charge on any atom is -0.488 e. The topological polar surface area (TPSA) is 58.6 Å².